The predicted octanol–water partition coefficient (Wildman–Crippen LogP) is 7.23. The summed E-state index contributed by atoms with van der Waals surface area (Å²) in [6, 6.07) is 22.0. The predicted molar refractivity (Wildman–Crippen MR) is 127 cm³/mol. The van der Waals surface area contributed by atoms with E-state index in [0.717, 1.165) is 45.1 Å². The van der Waals surface area contributed by atoms with Gasteiger partial charge in [-0.1, -0.05) is 59.6 Å². The number of nitrogens with zero attached hydrogens (tertiary/aromatic N) is 2. The number of fused-ring (bicyclic) bond motifs is 1. The number of hydrogen-bond acceptors (Lipinski definition) is 3. The van der Waals surface area contributed by atoms with Gasteiger partial charge in [-0.15, -0.1) is 0 Å². The summed E-state index contributed by atoms with van der Waals surface area (Å²) < 4.78 is 1.97. The van der Waals surface area contributed by atoms with E-state index >= 15 is 0 Å². The lowest BCUT2D eigenvalue weighted by atomic mass is 9.96. The van der Waals surface area contributed by atoms with Crippen LogP contribution in [0.4, 0.5) is 11.5 Å². The van der Waals surface area contributed by atoms with E-state index in [9.17, 15) is 0 Å². The number of allylic oxidation sites excluding steroid dienone is 2. The summed E-state index contributed by atoms with van der Waals surface area (Å²) in [6.07, 6.45) is 1.87. The van der Waals surface area contributed by atoms with Gasteiger partial charge in [0.25, 0.3) is 0 Å². The van der Waals surface area contributed by atoms with Crippen LogP contribution >= 0.6 is 11.6 Å². The molecule has 0 aliphatic heterocycles. The van der Waals surface area contributed by atoms with E-state index in [2.05, 4.69) is 29.6 Å². The lowest BCUT2D eigenvalue weighted by Gasteiger charge is -2.11. The van der Waals surface area contributed by atoms with Gasteiger partial charge in [0.1, 0.15) is 17.2 Å². The summed E-state index contributed by atoms with van der Waals surface area (Å²) in [7, 11) is 0. The van der Waals surface area contributed by atoms with Gasteiger partial charge in [0.2, 0.25) is 0 Å². The number of halogens is 1. The summed E-state index contributed by atoms with van der Waals surface area (Å²) in [5.74, 6) is 0.858. The molecule has 0 fully saturated rings. The molecule has 0 saturated carbocycles. The minimum atomic E-state index is 0.566. The van der Waals surface area contributed by atoms with Crippen molar-refractivity contribution in [1.82, 2.24) is 9.38 Å². The van der Waals surface area contributed by atoms with Crippen LogP contribution in [0.1, 0.15) is 26.3 Å². The van der Waals surface area contributed by atoms with Crippen molar-refractivity contribution in [3.8, 4) is 11.3 Å². The summed E-state index contributed by atoms with van der Waals surface area (Å²) in [5, 5.41) is 12.2. The van der Waals surface area contributed by atoms with Crippen molar-refractivity contribution in [3.05, 3.63) is 89.1 Å². The van der Waals surface area contributed by atoms with Crippen LogP contribution in [0, 0.1) is 5.41 Å². The molecule has 0 aliphatic carbocycles. The summed E-state index contributed by atoms with van der Waals surface area (Å²) in [5.41, 5.74) is 7.34. The highest BCUT2D eigenvalue weighted by molar-refractivity contribution is 6.30. The van der Waals surface area contributed by atoms with Crippen LogP contribution in [0.15, 0.2) is 78.5 Å². The van der Waals surface area contributed by atoms with E-state index in [1.807, 2.05) is 73.8 Å². The molecule has 2 aromatic carbocycles. The van der Waals surface area contributed by atoms with Crippen molar-refractivity contribution < 1.29 is 0 Å². The van der Waals surface area contributed by atoms with Crippen molar-refractivity contribution in [2.24, 2.45) is 0 Å². The molecule has 2 aromatic heterocycles. The molecule has 0 aliphatic rings. The third-order valence-electron chi connectivity index (χ3n) is 4.94. The van der Waals surface area contributed by atoms with Gasteiger partial charge in [0.15, 0.2) is 0 Å². The van der Waals surface area contributed by atoms with E-state index in [-0.39, 0.29) is 0 Å². The zero-order valence-corrected chi connectivity index (χ0v) is 18.0. The van der Waals surface area contributed by atoms with Crippen molar-refractivity contribution in [2.75, 3.05) is 5.32 Å². The van der Waals surface area contributed by atoms with Crippen LogP contribution in [0.5, 0.6) is 0 Å². The number of hydrogen-bond donors (Lipinski definition) is 2. The number of aromatic nitrogens is 2. The highest BCUT2D eigenvalue weighted by atomic mass is 35.5. The molecule has 30 heavy (non-hydrogen) atoms. The first-order valence-corrected chi connectivity index (χ1v) is 10.2. The van der Waals surface area contributed by atoms with Crippen LogP contribution in [-0.4, -0.2) is 15.1 Å². The number of nitrogens with one attached hydrogen (secondary N) is 2. The highest BCUT2D eigenvalue weighted by Gasteiger charge is 2.16. The van der Waals surface area contributed by atoms with Crippen molar-refractivity contribution in [2.45, 2.75) is 20.8 Å². The number of anilines is 2. The maximum absolute atomic E-state index is 8.09. The lowest BCUT2D eigenvalue weighted by molar-refractivity contribution is 1.18. The first kappa shape index (κ1) is 19.9. The minimum Gasteiger partial charge on any atom is -0.339 e. The number of para-hydroxylation sites is 1. The van der Waals surface area contributed by atoms with Gasteiger partial charge in [-0.05, 0) is 50.6 Å². The molecular weight excluding hydrogens is 392 g/mol. The van der Waals surface area contributed by atoms with Gasteiger partial charge in [-0.3, -0.25) is 4.40 Å². The second kappa shape index (κ2) is 8.17. The molecule has 4 nitrogen and oxygen atoms in total. The van der Waals surface area contributed by atoms with Crippen molar-refractivity contribution in [1.29, 1.82) is 5.41 Å². The number of pyridine rings is 1. The Morgan fingerprint density at radius 2 is 1.63 bits per heavy atom. The smallest absolute Gasteiger partial charge is 0.143 e. The van der Waals surface area contributed by atoms with Gasteiger partial charge < -0.3 is 10.7 Å². The van der Waals surface area contributed by atoms with Gasteiger partial charge in [0, 0.05) is 28.7 Å². The van der Waals surface area contributed by atoms with E-state index < -0.39 is 0 Å². The van der Waals surface area contributed by atoms with Gasteiger partial charge >= 0.3 is 0 Å². The van der Waals surface area contributed by atoms with Crippen molar-refractivity contribution in [3.63, 3.8) is 0 Å². The molecule has 0 radical (unpaired) electrons. The Balaban J connectivity index is 1.83. The maximum atomic E-state index is 8.09. The van der Waals surface area contributed by atoms with Gasteiger partial charge in [-0.25, -0.2) is 4.98 Å². The maximum Gasteiger partial charge on any atom is 0.143 e. The normalized spacial score (nSPS) is 10.8. The molecule has 4 aromatic rings. The molecule has 2 heterocycles. The van der Waals surface area contributed by atoms with E-state index in [1.54, 1.807) is 0 Å². The Morgan fingerprint density at radius 1 is 0.933 bits per heavy atom. The SMILES string of the molecule is CC(=N)C(=C(C)C)c1ccc(-c2nc3ccc(Cl)cn3c2Nc2ccccc2)cc1. The molecule has 4 rings (SSSR count). The van der Waals surface area contributed by atoms with Crippen LogP contribution in [-0.2, 0) is 0 Å². The zero-order valence-electron chi connectivity index (χ0n) is 17.2. The zero-order chi connectivity index (χ0) is 21.3. The molecule has 5 heteroatoms. The number of benzene rings is 2. The van der Waals surface area contributed by atoms with E-state index in [1.165, 1.54) is 0 Å². The molecule has 150 valence electrons. The first-order valence-electron chi connectivity index (χ1n) is 9.77. The quantitative estimate of drug-likeness (QED) is 0.338. The van der Waals surface area contributed by atoms with Crippen LogP contribution < -0.4 is 5.32 Å². The standard InChI is InChI=1S/C25H23ClN4/c1-16(2)23(17(3)27)18-9-11-19(12-10-18)24-25(28-21-7-5-4-6-8-21)30-15-20(26)13-14-22(30)29-24/h4-15,27-28H,1-3H3. The Morgan fingerprint density at radius 3 is 2.27 bits per heavy atom. The molecular formula is C25H23ClN4. The Hall–Kier alpha value is -3.37. The average molecular weight is 415 g/mol. The Kier molecular flexibility index (Phi) is 5.42. The molecule has 0 atom stereocenters. The lowest BCUT2D eigenvalue weighted by Crippen LogP contribution is -1.98. The molecule has 0 spiro atoms. The van der Waals surface area contributed by atoms with Crippen LogP contribution in [0.3, 0.4) is 0 Å². The minimum absolute atomic E-state index is 0.566. The summed E-state index contributed by atoms with van der Waals surface area (Å²) in [4.78, 5) is 4.85. The third kappa shape index (κ3) is 3.87. The van der Waals surface area contributed by atoms with Gasteiger partial charge in [-0.2, -0.15) is 0 Å². The number of imidazole rings is 1. The van der Waals surface area contributed by atoms with E-state index in [4.69, 9.17) is 22.0 Å². The monoisotopic (exact) mass is 414 g/mol. The largest absolute Gasteiger partial charge is 0.339 e. The summed E-state index contributed by atoms with van der Waals surface area (Å²) in [6.45, 7) is 5.90. The fourth-order valence-electron chi connectivity index (χ4n) is 3.67. The second-order valence-electron chi connectivity index (χ2n) is 7.45. The molecule has 0 saturated heterocycles. The third-order valence-corrected chi connectivity index (χ3v) is 5.16. The van der Waals surface area contributed by atoms with E-state index in [0.29, 0.717) is 10.7 Å². The molecule has 0 unspecified atom stereocenters. The van der Waals surface area contributed by atoms with Gasteiger partial charge in [0.05, 0.1) is 5.02 Å². The Labute approximate surface area is 181 Å². The fourth-order valence-corrected chi connectivity index (χ4v) is 3.83. The van der Waals surface area contributed by atoms with Crippen molar-refractivity contribution >= 4 is 40.0 Å². The average Bonchev–Trinajstić information content (AvgIpc) is 3.06. The Bertz CT molecular complexity index is 1250. The first-order chi connectivity index (χ1) is 14.4. The summed E-state index contributed by atoms with van der Waals surface area (Å²) >= 11 is 6.26. The van der Waals surface area contributed by atoms with Crippen LogP contribution in [0.2, 0.25) is 5.02 Å². The second-order valence-corrected chi connectivity index (χ2v) is 7.89. The molecule has 0 amide bonds. The molecule has 0 bridgehead atoms. The number of rotatable bonds is 5. The molecule has 2 N–H and O–H groups in total. The topological polar surface area (TPSA) is 53.2 Å². The van der Waals surface area contributed by atoms with Crippen LogP contribution in [0.25, 0.3) is 22.5 Å². The highest BCUT2D eigenvalue weighted by Crippen LogP contribution is 2.33. The fraction of sp³-hybridized carbons (Fsp3) is 0.120.